The third kappa shape index (κ3) is 8.78. The number of hydrogen-bond donors (Lipinski definition) is 0. The second-order valence-corrected chi connectivity index (χ2v) is 13.8. The quantitative estimate of drug-likeness (QED) is 0.115. The SMILES string of the molecule is C\C=C/C(=C\C=C\c1cccc(-c2ccc(N(c3ccccc3)c3ccc(-c4ccccc4)cc3)cc2)c1)N(c1ccccc1)c1ccc(-c2ccccc2)cc1. The van der Waals surface area contributed by atoms with Gasteiger partial charge in [0.1, 0.15) is 0 Å². The first kappa shape index (κ1) is 36.6. The van der Waals surface area contributed by atoms with Crippen LogP contribution in [0.25, 0.3) is 39.5 Å². The van der Waals surface area contributed by atoms with Crippen molar-refractivity contribution in [3.63, 3.8) is 0 Å². The summed E-state index contributed by atoms with van der Waals surface area (Å²) in [6.07, 6.45) is 10.8. The van der Waals surface area contributed by atoms with E-state index in [1.54, 1.807) is 0 Å². The van der Waals surface area contributed by atoms with Gasteiger partial charge in [-0.2, -0.15) is 0 Å². The Kier molecular flexibility index (Phi) is 11.4. The summed E-state index contributed by atoms with van der Waals surface area (Å²) in [6, 6.07) is 77.3. The zero-order valence-electron chi connectivity index (χ0n) is 32.1. The molecule has 2 nitrogen and oxygen atoms in total. The summed E-state index contributed by atoms with van der Waals surface area (Å²) in [4.78, 5) is 4.61. The lowest BCUT2D eigenvalue weighted by Crippen LogP contribution is -2.15. The molecule has 8 rings (SSSR count). The van der Waals surface area contributed by atoms with Crippen LogP contribution in [0.1, 0.15) is 12.5 Å². The summed E-state index contributed by atoms with van der Waals surface area (Å²) in [5.74, 6) is 0. The van der Waals surface area contributed by atoms with Crippen LogP contribution in [0.5, 0.6) is 0 Å². The van der Waals surface area contributed by atoms with E-state index in [1.165, 1.54) is 33.4 Å². The predicted octanol–water partition coefficient (Wildman–Crippen LogP) is 15.5. The Balaban J connectivity index is 1.05. The summed E-state index contributed by atoms with van der Waals surface area (Å²) in [5, 5.41) is 0. The molecule has 8 aromatic rings. The molecule has 57 heavy (non-hydrogen) atoms. The number of anilines is 5. The highest BCUT2D eigenvalue weighted by Gasteiger charge is 2.14. The fraction of sp³-hybridized carbons (Fsp3) is 0.0182. The molecule has 0 bridgehead atoms. The fourth-order valence-corrected chi connectivity index (χ4v) is 7.17. The van der Waals surface area contributed by atoms with Crippen LogP contribution >= 0.6 is 0 Å². The maximum absolute atomic E-state index is 2.31. The highest BCUT2D eigenvalue weighted by molar-refractivity contribution is 5.80. The molecule has 0 spiro atoms. The predicted molar refractivity (Wildman–Crippen MR) is 244 cm³/mol. The van der Waals surface area contributed by atoms with Gasteiger partial charge in [-0.05, 0) is 125 Å². The van der Waals surface area contributed by atoms with Gasteiger partial charge in [0, 0.05) is 34.1 Å². The van der Waals surface area contributed by atoms with Crippen molar-refractivity contribution in [3.05, 3.63) is 254 Å². The second kappa shape index (κ2) is 17.8. The topological polar surface area (TPSA) is 6.48 Å². The number of allylic oxidation sites excluding steroid dienone is 4. The van der Waals surface area contributed by atoms with Crippen molar-refractivity contribution in [1.29, 1.82) is 0 Å². The zero-order valence-corrected chi connectivity index (χ0v) is 32.1. The number of benzene rings is 8. The van der Waals surface area contributed by atoms with Crippen LogP contribution in [0.15, 0.2) is 248 Å². The summed E-state index contributed by atoms with van der Waals surface area (Å²) < 4.78 is 0. The van der Waals surface area contributed by atoms with Gasteiger partial charge in [0.05, 0.1) is 0 Å². The highest BCUT2D eigenvalue weighted by Crippen LogP contribution is 2.37. The smallest absolute Gasteiger partial charge is 0.0462 e. The average Bonchev–Trinajstić information content (AvgIpc) is 3.29. The lowest BCUT2D eigenvalue weighted by molar-refractivity contribution is 1.21. The molecule has 0 aliphatic heterocycles. The summed E-state index contributed by atoms with van der Waals surface area (Å²) in [5.41, 5.74) is 14.9. The van der Waals surface area contributed by atoms with Crippen molar-refractivity contribution in [2.75, 3.05) is 9.80 Å². The molecule has 0 amide bonds. The minimum Gasteiger partial charge on any atom is -0.311 e. The third-order valence-electron chi connectivity index (χ3n) is 9.99. The number of para-hydroxylation sites is 2. The van der Waals surface area contributed by atoms with Gasteiger partial charge in [0.15, 0.2) is 0 Å². The zero-order chi connectivity index (χ0) is 38.7. The van der Waals surface area contributed by atoms with Crippen LogP contribution in [-0.4, -0.2) is 0 Å². The molecule has 0 aromatic heterocycles. The number of rotatable bonds is 12. The Morgan fingerprint density at radius 3 is 1.26 bits per heavy atom. The largest absolute Gasteiger partial charge is 0.311 e. The monoisotopic (exact) mass is 732 g/mol. The van der Waals surface area contributed by atoms with Gasteiger partial charge in [-0.3, -0.25) is 0 Å². The highest BCUT2D eigenvalue weighted by atomic mass is 15.1. The Hall–Kier alpha value is -7.42. The minimum absolute atomic E-state index is 1.07. The molecule has 0 unspecified atom stereocenters. The summed E-state index contributed by atoms with van der Waals surface area (Å²) >= 11 is 0. The summed E-state index contributed by atoms with van der Waals surface area (Å²) in [7, 11) is 0. The van der Waals surface area contributed by atoms with E-state index < -0.39 is 0 Å². The molecule has 0 radical (unpaired) electrons. The Labute approximate surface area is 337 Å². The first-order chi connectivity index (χ1) is 28.2. The normalized spacial score (nSPS) is 11.6. The molecule has 0 atom stereocenters. The van der Waals surface area contributed by atoms with Gasteiger partial charge >= 0.3 is 0 Å². The van der Waals surface area contributed by atoms with Crippen molar-refractivity contribution >= 4 is 34.5 Å². The van der Waals surface area contributed by atoms with E-state index in [2.05, 4.69) is 265 Å². The van der Waals surface area contributed by atoms with E-state index in [-0.39, 0.29) is 0 Å². The maximum Gasteiger partial charge on any atom is 0.0462 e. The van der Waals surface area contributed by atoms with Crippen LogP contribution in [-0.2, 0) is 0 Å². The van der Waals surface area contributed by atoms with Crippen molar-refractivity contribution in [3.8, 4) is 33.4 Å². The minimum atomic E-state index is 1.07. The molecule has 0 heterocycles. The average molecular weight is 733 g/mol. The maximum atomic E-state index is 2.31. The van der Waals surface area contributed by atoms with Gasteiger partial charge in [0.25, 0.3) is 0 Å². The van der Waals surface area contributed by atoms with Crippen LogP contribution < -0.4 is 9.80 Å². The molecule has 0 saturated carbocycles. The van der Waals surface area contributed by atoms with E-state index in [0.717, 1.165) is 39.7 Å². The van der Waals surface area contributed by atoms with Crippen LogP contribution in [0.4, 0.5) is 28.4 Å². The lowest BCUT2D eigenvalue weighted by Gasteiger charge is -2.26. The van der Waals surface area contributed by atoms with Crippen molar-refractivity contribution in [2.45, 2.75) is 6.92 Å². The molecular formula is C55H44N2. The fourth-order valence-electron chi connectivity index (χ4n) is 7.17. The van der Waals surface area contributed by atoms with Gasteiger partial charge in [-0.1, -0.05) is 170 Å². The van der Waals surface area contributed by atoms with E-state index in [9.17, 15) is 0 Å². The second-order valence-electron chi connectivity index (χ2n) is 13.8. The molecule has 0 aliphatic carbocycles. The Bertz CT molecular complexity index is 2570. The van der Waals surface area contributed by atoms with Gasteiger partial charge in [-0.15, -0.1) is 0 Å². The summed E-state index contributed by atoms with van der Waals surface area (Å²) in [6.45, 7) is 2.06. The molecule has 274 valence electrons. The first-order valence-electron chi connectivity index (χ1n) is 19.5. The van der Waals surface area contributed by atoms with Crippen molar-refractivity contribution in [2.24, 2.45) is 0 Å². The van der Waals surface area contributed by atoms with E-state index in [1.807, 2.05) is 0 Å². The molecular weight excluding hydrogens is 689 g/mol. The molecule has 0 saturated heterocycles. The third-order valence-corrected chi connectivity index (χ3v) is 9.99. The molecule has 0 aliphatic rings. The number of nitrogens with zero attached hydrogens (tertiary/aromatic N) is 2. The standard InChI is InChI=1S/C55H44N2/c1-2-17-50(56(51-25-11-5-12-26-51)53-36-30-46(31-37-53)44-20-7-3-8-21-44)29-16-19-43-18-15-24-49(42-43)48-34-40-55(41-35-48)57(52-27-13-6-14-28-52)54-38-32-47(33-39-54)45-22-9-4-10-23-45/h2-42H,1H3/b17-2-,19-16+,50-29+. The van der Waals surface area contributed by atoms with E-state index >= 15 is 0 Å². The van der Waals surface area contributed by atoms with Crippen LogP contribution in [0.3, 0.4) is 0 Å². The Morgan fingerprint density at radius 1 is 0.368 bits per heavy atom. The van der Waals surface area contributed by atoms with Crippen LogP contribution in [0.2, 0.25) is 0 Å². The van der Waals surface area contributed by atoms with E-state index in [4.69, 9.17) is 0 Å². The van der Waals surface area contributed by atoms with Crippen molar-refractivity contribution < 1.29 is 0 Å². The number of hydrogen-bond acceptors (Lipinski definition) is 2. The lowest BCUT2D eigenvalue weighted by atomic mass is 10.0. The van der Waals surface area contributed by atoms with E-state index in [0.29, 0.717) is 0 Å². The first-order valence-corrected chi connectivity index (χ1v) is 19.5. The van der Waals surface area contributed by atoms with Crippen LogP contribution in [0, 0.1) is 0 Å². The molecule has 2 heteroatoms. The molecule has 0 fully saturated rings. The molecule has 8 aromatic carbocycles. The van der Waals surface area contributed by atoms with Crippen molar-refractivity contribution in [1.82, 2.24) is 0 Å². The van der Waals surface area contributed by atoms with Gasteiger partial charge in [-0.25, -0.2) is 0 Å². The Morgan fingerprint density at radius 2 is 0.754 bits per heavy atom. The van der Waals surface area contributed by atoms with Gasteiger partial charge in [0.2, 0.25) is 0 Å². The molecule has 0 N–H and O–H groups in total. The van der Waals surface area contributed by atoms with Gasteiger partial charge < -0.3 is 9.80 Å².